The molecule has 1 unspecified atom stereocenters. The van der Waals surface area contributed by atoms with Gasteiger partial charge in [-0.3, -0.25) is 9.48 Å². The molecular formula is C11H18N4O3. The average Bonchev–Trinajstić information content (AvgIpc) is 2.71. The topological polar surface area (TPSA) is 96.3 Å². The number of carbonyl (C=O) groups is 2. The van der Waals surface area contributed by atoms with Gasteiger partial charge in [0.25, 0.3) is 0 Å². The van der Waals surface area contributed by atoms with Crippen molar-refractivity contribution in [2.75, 3.05) is 13.1 Å². The summed E-state index contributed by atoms with van der Waals surface area (Å²) in [4.78, 5) is 21.9. The fraction of sp³-hybridized carbons (Fsp3) is 0.545. The Kier molecular flexibility index (Phi) is 5.16. The lowest BCUT2D eigenvalue weighted by Crippen LogP contribution is -2.39. The molecule has 0 radical (unpaired) electrons. The van der Waals surface area contributed by atoms with Gasteiger partial charge in [-0.1, -0.05) is 6.92 Å². The van der Waals surface area contributed by atoms with Crippen molar-refractivity contribution in [1.29, 1.82) is 0 Å². The third-order valence-corrected chi connectivity index (χ3v) is 2.45. The summed E-state index contributed by atoms with van der Waals surface area (Å²) in [5.41, 5.74) is 1.04. The molecule has 1 atom stereocenters. The van der Waals surface area contributed by atoms with Crippen molar-refractivity contribution in [3.63, 3.8) is 0 Å². The number of urea groups is 1. The molecule has 100 valence electrons. The maximum atomic E-state index is 11.3. The highest BCUT2D eigenvalue weighted by Crippen LogP contribution is 1.96. The Morgan fingerprint density at radius 3 is 2.78 bits per heavy atom. The Balaban J connectivity index is 2.15. The minimum absolute atomic E-state index is 0.119. The van der Waals surface area contributed by atoms with Crippen molar-refractivity contribution in [1.82, 2.24) is 20.4 Å². The zero-order valence-electron chi connectivity index (χ0n) is 10.5. The van der Waals surface area contributed by atoms with E-state index in [0.717, 1.165) is 5.56 Å². The third-order valence-electron chi connectivity index (χ3n) is 2.45. The van der Waals surface area contributed by atoms with E-state index in [9.17, 15) is 9.59 Å². The lowest BCUT2D eigenvalue weighted by molar-refractivity contribution is -0.140. The number of aliphatic carboxylic acids is 1. The Labute approximate surface area is 105 Å². The van der Waals surface area contributed by atoms with Crippen molar-refractivity contribution in [2.45, 2.75) is 13.3 Å². The van der Waals surface area contributed by atoms with Crippen LogP contribution in [0, 0.1) is 5.92 Å². The maximum Gasteiger partial charge on any atom is 0.314 e. The number of carboxylic acids is 1. The standard InChI is InChI=1S/C11H18N4O3/c1-8(10(16)17)5-13-11(18)12-4-3-9-6-14-15(2)7-9/h6-8H,3-5H2,1-2H3,(H,16,17)(H2,12,13,18). The van der Waals surface area contributed by atoms with E-state index in [-0.39, 0.29) is 12.6 Å². The van der Waals surface area contributed by atoms with Crippen LogP contribution in [0.15, 0.2) is 12.4 Å². The predicted octanol–water partition coefficient (Wildman–Crippen LogP) is -0.0175. The summed E-state index contributed by atoms with van der Waals surface area (Å²) in [5.74, 6) is -1.51. The summed E-state index contributed by atoms with van der Waals surface area (Å²) in [6.45, 7) is 2.14. The van der Waals surface area contributed by atoms with Crippen molar-refractivity contribution in [2.24, 2.45) is 13.0 Å². The summed E-state index contributed by atoms with van der Waals surface area (Å²) in [6.07, 6.45) is 4.31. The molecule has 0 spiro atoms. The first-order valence-electron chi connectivity index (χ1n) is 5.71. The van der Waals surface area contributed by atoms with Crippen LogP contribution in [0.4, 0.5) is 4.79 Å². The number of hydrogen-bond acceptors (Lipinski definition) is 3. The van der Waals surface area contributed by atoms with Crippen molar-refractivity contribution < 1.29 is 14.7 Å². The number of aromatic nitrogens is 2. The molecule has 0 saturated carbocycles. The van der Waals surface area contributed by atoms with E-state index < -0.39 is 11.9 Å². The molecule has 0 aliphatic heterocycles. The summed E-state index contributed by atoms with van der Waals surface area (Å²) < 4.78 is 1.70. The SMILES string of the molecule is CC(CNC(=O)NCCc1cnn(C)c1)C(=O)O. The normalized spacial score (nSPS) is 11.9. The Hall–Kier alpha value is -2.05. The average molecular weight is 254 g/mol. The number of carbonyl (C=O) groups excluding carboxylic acids is 1. The second-order valence-electron chi connectivity index (χ2n) is 4.15. The van der Waals surface area contributed by atoms with Gasteiger partial charge in [-0.25, -0.2) is 4.79 Å². The Bertz CT molecular complexity index is 416. The molecule has 1 rings (SSSR count). The molecule has 7 nitrogen and oxygen atoms in total. The molecule has 7 heteroatoms. The van der Waals surface area contributed by atoms with Crippen molar-refractivity contribution in [3.8, 4) is 0 Å². The summed E-state index contributed by atoms with van der Waals surface area (Å²) in [5, 5.41) is 17.8. The van der Waals surface area contributed by atoms with E-state index in [1.54, 1.807) is 10.9 Å². The van der Waals surface area contributed by atoms with Crippen LogP contribution in [0.25, 0.3) is 0 Å². The highest BCUT2D eigenvalue weighted by atomic mass is 16.4. The van der Waals surface area contributed by atoms with Crippen molar-refractivity contribution in [3.05, 3.63) is 18.0 Å². The number of rotatable bonds is 6. The van der Waals surface area contributed by atoms with Crippen LogP contribution in [0.1, 0.15) is 12.5 Å². The number of nitrogens with zero attached hydrogens (tertiary/aromatic N) is 2. The molecular weight excluding hydrogens is 236 g/mol. The minimum Gasteiger partial charge on any atom is -0.481 e. The van der Waals surface area contributed by atoms with Gasteiger partial charge in [0.05, 0.1) is 12.1 Å². The fourth-order valence-electron chi connectivity index (χ4n) is 1.32. The first kappa shape index (κ1) is 14.0. The van der Waals surface area contributed by atoms with E-state index in [1.807, 2.05) is 13.2 Å². The molecule has 0 fully saturated rings. The highest BCUT2D eigenvalue weighted by molar-refractivity contribution is 5.75. The molecule has 0 saturated heterocycles. The van der Waals surface area contributed by atoms with Crippen LogP contribution >= 0.6 is 0 Å². The van der Waals surface area contributed by atoms with E-state index in [0.29, 0.717) is 13.0 Å². The molecule has 0 bridgehead atoms. The van der Waals surface area contributed by atoms with Gasteiger partial charge in [0, 0.05) is 26.3 Å². The highest BCUT2D eigenvalue weighted by Gasteiger charge is 2.11. The van der Waals surface area contributed by atoms with E-state index in [4.69, 9.17) is 5.11 Å². The molecule has 0 aliphatic rings. The smallest absolute Gasteiger partial charge is 0.314 e. The van der Waals surface area contributed by atoms with Gasteiger partial charge in [0.1, 0.15) is 0 Å². The molecule has 2 amide bonds. The van der Waals surface area contributed by atoms with E-state index in [2.05, 4.69) is 15.7 Å². The van der Waals surface area contributed by atoms with Crippen LogP contribution < -0.4 is 10.6 Å². The van der Waals surface area contributed by atoms with Gasteiger partial charge >= 0.3 is 12.0 Å². The van der Waals surface area contributed by atoms with Crippen LogP contribution in [0.2, 0.25) is 0 Å². The van der Waals surface area contributed by atoms with Crippen LogP contribution in [0.5, 0.6) is 0 Å². The first-order valence-corrected chi connectivity index (χ1v) is 5.71. The van der Waals surface area contributed by atoms with Gasteiger partial charge in [-0.05, 0) is 12.0 Å². The lowest BCUT2D eigenvalue weighted by Gasteiger charge is -2.09. The van der Waals surface area contributed by atoms with Gasteiger partial charge < -0.3 is 15.7 Å². The lowest BCUT2D eigenvalue weighted by atomic mass is 10.2. The van der Waals surface area contributed by atoms with Gasteiger partial charge in [0.15, 0.2) is 0 Å². The van der Waals surface area contributed by atoms with Gasteiger partial charge in [-0.15, -0.1) is 0 Å². The molecule has 1 aromatic rings. The Morgan fingerprint density at radius 2 is 2.22 bits per heavy atom. The minimum atomic E-state index is -0.925. The molecule has 3 N–H and O–H groups in total. The maximum absolute atomic E-state index is 11.3. The van der Waals surface area contributed by atoms with E-state index >= 15 is 0 Å². The zero-order valence-corrected chi connectivity index (χ0v) is 10.5. The number of hydrogen-bond donors (Lipinski definition) is 3. The van der Waals surface area contributed by atoms with Crippen LogP contribution in [-0.4, -0.2) is 40.0 Å². The molecule has 1 aromatic heterocycles. The summed E-state index contributed by atoms with van der Waals surface area (Å²) in [7, 11) is 1.83. The number of amides is 2. The number of aryl methyl sites for hydroxylation is 1. The zero-order chi connectivity index (χ0) is 13.5. The molecule has 0 aromatic carbocycles. The van der Waals surface area contributed by atoms with Crippen LogP contribution in [0.3, 0.4) is 0 Å². The number of carboxylic acid groups (broad SMARTS) is 1. The van der Waals surface area contributed by atoms with Gasteiger partial charge in [0.2, 0.25) is 0 Å². The Morgan fingerprint density at radius 1 is 1.50 bits per heavy atom. The van der Waals surface area contributed by atoms with Gasteiger partial charge in [-0.2, -0.15) is 5.10 Å². The predicted molar refractivity (Wildman–Crippen MR) is 65.1 cm³/mol. The second-order valence-corrected chi connectivity index (χ2v) is 4.15. The summed E-state index contributed by atoms with van der Waals surface area (Å²) >= 11 is 0. The second kappa shape index (κ2) is 6.63. The first-order chi connectivity index (χ1) is 8.49. The fourth-order valence-corrected chi connectivity index (χ4v) is 1.32. The van der Waals surface area contributed by atoms with Crippen LogP contribution in [-0.2, 0) is 18.3 Å². The van der Waals surface area contributed by atoms with Crippen molar-refractivity contribution >= 4 is 12.0 Å². The molecule has 0 aliphatic carbocycles. The molecule has 18 heavy (non-hydrogen) atoms. The quantitative estimate of drug-likeness (QED) is 0.665. The van der Waals surface area contributed by atoms with E-state index in [1.165, 1.54) is 6.92 Å². The molecule has 1 heterocycles. The monoisotopic (exact) mass is 254 g/mol. The largest absolute Gasteiger partial charge is 0.481 e. The number of nitrogens with one attached hydrogen (secondary N) is 2. The summed E-state index contributed by atoms with van der Waals surface area (Å²) in [6, 6.07) is -0.355. The third kappa shape index (κ3) is 4.86.